The first-order valence-electron chi connectivity index (χ1n) is 5.02. The fourth-order valence-electron chi connectivity index (χ4n) is 1.22. The number of ketones is 1. The summed E-state index contributed by atoms with van der Waals surface area (Å²) in [5, 5.41) is 2.58. The molecule has 1 N–H and O–H groups in total. The lowest BCUT2D eigenvalue weighted by Gasteiger charge is -2.10. The van der Waals surface area contributed by atoms with Crippen molar-refractivity contribution in [1.29, 1.82) is 0 Å². The van der Waals surface area contributed by atoms with E-state index in [1.54, 1.807) is 19.1 Å². The van der Waals surface area contributed by atoms with Gasteiger partial charge in [0.2, 0.25) is 0 Å². The van der Waals surface area contributed by atoms with Crippen LogP contribution in [0.3, 0.4) is 0 Å². The maximum Gasteiger partial charge on any atom is 0.287 e. The molecule has 1 amide bonds. The highest BCUT2D eigenvalue weighted by Gasteiger charge is 2.16. The molecule has 0 aliphatic rings. The van der Waals surface area contributed by atoms with Gasteiger partial charge in [0, 0.05) is 6.42 Å². The third kappa shape index (κ3) is 3.23. The van der Waals surface area contributed by atoms with E-state index >= 15 is 0 Å². The molecule has 0 fully saturated rings. The standard InChI is InChI=1S/C11H15NO3/c1-3-5-9(13)8(2)12-11(14)10-6-4-7-15-10/h4,6-8H,3,5H2,1-2H3,(H,12,14)/t8-/m1/s1. The molecule has 4 heteroatoms. The number of Topliss-reactive ketones (excluding diaryl/α,β-unsaturated/α-hetero) is 1. The van der Waals surface area contributed by atoms with Crippen LogP contribution >= 0.6 is 0 Å². The second-order valence-electron chi connectivity index (χ2n) is 3.39. The number of hydrogen-bond acceptors (Lipinski definition) is 3. The second kappa shape index (κ2) is 5.34. The lowest BCUT2D eigenvalue weighted by atomic mass is 10.1. The highest BCUT2D eigenvalue weighted by atomic mass is 16.3. The molecule has 0 unspecified atom stereocenters. The van der Waals surface area contributed by atoms with Gasteiger partial charge in [-0.2, -0.15) is 0 Å². The SMILES string of the molecule is CCCC(=O)[C@@H](C)NC(=O)c1ccco1. The number of hydrogen-bond donors (Lipinski definition) is 1. The zero-order valence-electron chi connectivity index (χ0n) is 8.95. The van der Waals surface area contributed by atoms with Crippen LogP contribution in [0, 0.1) is 0 Å². The Kier molecular flexibility index (Phi) is 4.09. The quantitative estimate of drug-likeness (QED) is 0.803. The van der Waals surface area contributed by atoms with Crippen molar-refractivity contribution in [1.82, 2.24) is 5.32 Å². The van der Waals surface area contributed by atoms with E-state index in [-0.39, 0.29) is 17.5 Å². The maximum absolute atomic E-state index is 11.5. The van der Waals surface area contributed by atoms with Gasteiger partial charge >= 0.3 is 0 Å². The summed E-state index contributed by atoms with van der Waals surface area (Å²) in [4.78, 5) is 22.9. The van der Waals surface area contributed by atoms with Gasteiger partial charge in [-0.15, -0.1) is 0 Å². The fourth-order valence-corrected chi connectivity index (χ4v) is 1.22. The van der Waals surface area contributed by atoms with Crippen molar-refractivity contribution < 1.29 is 14.0 Å². The number of amides is 1. The zero-order valence-corrected chi connectivity index (χ0v) is 8.95. The molecule has 0 radical (unpaired) electrons. The van der Waals surface area contributed by atoms with E-state index in [2.05, 4.69) is 5.32 Å². The van der Waals surface area contributed by atoms with Crippen molar-refractivity contribution in [3.05, 3.63) is 24.2 Å². The molecule has 0 aromatic carbocycles. The maximum atomic E-state index is 11.5. The highest BCUT2D eigenvalue weighted by molar-refractivity contribution is 5.95. The Morgan fingerprint density at radius 3 is 2.80 bits per heavy atom. The normalized spacial score (nSPS) is 12.1. The second-order valence-corrected chi connectivity index (χ2v) is 3.39. The van der Waals surface area contributed by atoms with Crippen LogP contribution in [0.25, 0.3) is 0 Å². The van der Waals surface area contributed by atoms with Crippen LogP contribution < -0.4 is 5.32 Å². The van der Waals surface area contributed by atoms with Gasteiger partial charge in [0.15, 0.2) is 11.5 Å². The summed E-state index contributed by atoms with van der Waals surface area (Å²) in [6, 6.07) is 2.74. The molecular weight excluding hydrogens is 194 g/mol. The first-order chi connectivity index (χ1) is 7.15. The molecule has 1 rings (SSSR count). The Morgan fingerprint density at radius 1 is 1.53 bits per heavy atom. The molecule has 0 aliphatic carbocycles. The molecule has 0 saturated heterocycles. The average molecular weight is 209 g/mol. The predicted octanol–water partition coefficient (Wildman–Crippen LogP) is 1.77. The molecule has 1 heterocycles. The summed E-state index contributed by atoms with van der Waals surface area (Å²) in [6.45, 7) is 3.61. The van der Waals surface area contributed by atoms with E-state index in [9.17, 15) is 9.59 Å². The molecule has 0 aliphatic heterocycles. The third-order valence-electron chi connectivity index (χ3n) is 2.07. The van der Waals surface area contributed by atoms with Gasteiger partial charge < -0.3 is 9.73 Å². The van der Waals surface area contributed by atoms with Crippen LogP contribution in [-0.4, -0.2) is 17.7 Å². The van der Waals surface area contributed by atoms with E-state index in [4.69, 9.17) is 4.42 Å². The Labute approximate surface area is 88.7 Å². The molecular formula is C11H15NO3. The van der Waals surface area contributed by atoms with Gasteiger partial charge in [0.25, 0.3) is 5.91 Å². The van der Waals surface area contributed by atoms with E-state index in [1.807, 2.05) is 6.92 Å². The van der Waals surface area contributed by atoms with Crippen LogP contribution in [-0.2, 0) is 4.79 Å². The molecule has 0 bridgehead atoms. The summed E-state index contributed by atoms with van der Waals surface area (Å²) < 4.78 is 4.91. The Balaban J connectivity index is 2.48. The van der Waals surface area contributed by atoms with Gasteiger partial charge in [-0.3, -0.25) is 9.59 Å². The lowest BCUT2D eigenvalue weighted by molar-refractivity contribution is -0.120. The topological polar surface area (TPSA) is 59.3 Å². The first kappa shape index (κ1) is 11.5. The van der Waals surface area contributed by atoms with Crippen molar-refractivity contribution in [2.24, 2.45) is 0 Å². The average Bonchev–Trinajstić information content (AvgIpc) is 2.70. The molecule has 82 valence electrons. The van der Waals surface area contributed by atoms with Crippen molar-refractivity contribution in [3.8, 4) is 0 Å². The van der Waals surface area contributed by atoms with Crippen LogP contribution in [0.5, 0.6) is 0 Å². The summed E-state index contributed by atoms with van der Waals surface area (Å²) >= 11 is 0. The summed E-state index contributed by atoms with van der Waals surface area (Å²) in [5.41, 5.74) is 0. The monoisotopic (exact) mass is 209 g/mol. The van der Waals surface area contributed by atoms with E-state index in [0.29, 0.717) is 6.42 Å². The van der Waals surface area contributed by atoms with Gasteiger partial charge in [-0.1, -0.05) is 6.92 Å². The van der Waals surface area contributed by atoms with E-state index in [0.717, 1.165) is 6.42 Å². The van der Waals surface area contributed by atoms with E-state index in [1.165, 1.54) is 6.26 Å². The number of carbonyl (C=O) groups is 2. The minimum atomic E-state index is -0.456. The van der Waals surface area contributed by atoms with Crippen LogP contribution in [0.2, 0.25) is 0 Å². The molecule has 4 nitrogen and oxygen atoms in total. The molecule has 0 spiro atoms. The minimum absolute atomic E-state index is 0.0393. The Morgan fingerprint density at radius 2 is 2.27 bits per heavy atom. The summed E-state index contributed by atoms with van der Waals surface area (Å²) in [6.07, 6.45) is 2.70. The third-order valence-corrected chi connectivity index (χ3v) is 2.07. The van der Waals surface area contributed by atoms with Crippen molar-refractivity contribution >= 4 is 11.7 Å². The number of furan rings is 1. The van der Waals surface area contributed by atoms with Crippen molar-refractivity contribution in [2.45, 2.75) is 32.7 Å². The van der Waals surface area contributed by atoms with Gasteiger partial charge in [-0.25, -0.2) is 0 Å². The Hall–Kier alpha value is -1.58. The number of nitrogens with one attached hydrogen (secondary N) is 1. The number of carbonyl (C=O) groups excluding carboxylic acids is 2. The molecule has 1 aromatic heterocycles. The Bertz CT molecular complexity index is 330. The first-order valence-corrected chi connectivity index (χ1v) is 5.02. The van der Waals surface area contributed by atoms with Gasteiger partial charge in [0.1, 0.15) is 0 Å². The molecule has 0 saturated carbocycles. The summed E-state index contributed by atoms with van der Waals surface area (Å²) in [7, 11) is 0. The van der Waals surface area contributed by atoms with Gasteiger partial charge in [-0.05, 0) is 25.5 Å². The molecule has 15 heavy (non-hydrogen) atoms. The largest absolute Gasteiger partial charge is 0.459 e. The zero-order chi connectivity index (χ0) is 11.3. The predicted molar refractivity (Wildman–Crippen MR) is 55.6 cm³/mol. The summed E-state index contributed by atoms with van der Waals surface area (Å²) in [5.74, 6) is -0.0829. The van der Waals surface area contributed by atoms with Crippen molar-refractivity contribution in [3.63, 3.8) is 0 Å². The lowest BCUT2D eigenvalue weighted by Crippen LogP contribution is -2.38. The molecule has 1 atom stereocenters. The van der Waals surface area contributed by atoms with Crippen LogP contribution in [0.4, 0.5) is 0 Å². The smallest absolute Gasteiger partial charge is 0.287 e. The highest BCUT2D eigenvalue weighted by Crippen LogP contribution is 2.01. The minimum Gasteiger partial charge on any atom is -0.459 e. The fraction of sp³-hybridized carbons (Fsp3) is 0.455. The van der Waals surface area contributed by atoms with Gasteiger partial charge in [0.05, 0.1) is 12.3 Å². The van der Waals surface area contributed by atoms with E-state index < -0.39 is 6.04 Å². The number of rotatable bonds is 5. The molecule has 1 aromatic rings. The van der Waals surface area contributed by atoms with Crippen LogP contribution in [0.1, 0.15) is 37.2 Å². The van der Waals surface area contributed by atoms with Crippen LogP contribution in [0.15, 0.2) is 22.8 Å². The van der Waals surface area contributed by atoms with Crippen molar-refractivity contribution in [2.75, 3.05) is 0 Å².